The summed E-state index contributed by atoms with van der Waals surface area (Å²) < 4.78 is 27.0. The summed E-state index contributed by atoms with van der Waals surface area (Å²) in [5.74, 6) is -0.0505. The second kappa shape index (κ2) is 10.6. The summed E-state index contributed by atoms with van der Waals surface area (Å²) in [5, 5.41) is 5.66. The Bertz CT molecular complexity index is 1170. The van der Waals surface area contributed by atoms with E-state index in [0.29, 0.717) is 32.7 Å². The molecular weight excluding hydrogens is 456 g/mol. The number of aromatic nitrogens is 1. The zero-order valence-electron chi connectivity index (χ0n) is 18.6. The molecule has 0 aliphatic carbocycles. The second-order valence-corrected chi connectivity index (χ2v) is 11.2. The molecule has 1 aromatic heterocycles. The Kier molecular flexibility index (Phi) is 7.54. The summed E-state index contributed by atoms with van der Waals surface area (Å²) in [6.45, 7) is 4.94. The van der Waals surface area contributed by atoms with Crippen molar-refractivity contribution in [3.63, 3.8) is 0 Å². The maximum Gasteiger partial charge on any atom is 0.231 e. The number of hydrogen-bond acceptors (Lipinski definition) is 6. The van der Waals surface area contributed by atoms with Crippen LogP contribution in [-0.4, -0.2) is 54.7 Å². The number of carbonyl (C=O) groups excluding carboxylic acids is 1. The van der Waals surface area contributed by atoms with Gasteiger partial charge < -0.3 is 5.32 Å². The first-order chi connectivity index (χ1) is 15.9. The molecule has 1 aliphatic heterocycles. The zero-order valence-corrected chi connectivity index (χ0v) is 20.2. The number of rotatable bonds is 8. The fraction of sp³-hybridized carbons (Fsp3) is 0.333. The summed E-state index contributed by atoms with van der Waals surface area (Å²) in [4.78, 5) is 19.1. The number of aryl methyl sites for hydroxylation is 1. The van der Waals surface area contributed by atoms with E-state index in [1.54, 1.807) is 4.31 Å². The Balaban J connectivity index is 1.24. The van der Waals surface area contributed by atoms with E-state index >= 15 is 0 Å². The highest BCUT2D eigenvalue weighted by atomic mass is 32.2. The van der Waals surface area contributed by atoms with Crippen molar-refractivity contribution in [3.8, 4) is 0 Å². The molecule has 0 saturated carbocycles. The van der Waals surface area contributed by atoms with Gasteiger partial charge in [-0.15, -0.1) is 11.3 Å². The van der Waals surface area contributed by atoms with Crippen LogP contribution in [0.5, 0.6) is 0 Å². The van der Waals surface area contributed by atoms with Crippen LogP contribution in [0.3, 0.4) is 0 Å². The average Bonchev–Trinajstić information content (AvgIpc) is 3.22. The predicted molar refractivity (Wildman–Crippen MR) is 132 cm³/mol. The molecule has 9 heteroatoms. The lowest BCUT2D eigenvalue weighted by molar-refractivity contribution is -0.115. The third kappa shape index (κ3) is 6.70. The van der Waals surface area contributed by atoms with Crippen LogP contribution in [0.1, 0.15) is 21.8 Å². The van der Waals surface area contributed by atoms with Crippen LogP contribution in [0.2, 0.25) is 0 Å². The highest BCUT2D eigenvalue weighted by molar-refractivity contribution is 7.88. The third-order valence-electron chi connectivity index (χ3n) is 5.55. The van der Waals surface area contributed by atoms with E-state index < -0.39 is 10.0 Å². The van der Waals surface area contributed by atoms with Crippen molar-refractivity contribution in [2.45, 2.75) is 25.6 Å². The Morgan fingerprint density at radius 3 is 2.42 bits per heavy atom. The van der Waals surface area contributed by atoms with Crippen molar-refractivity contribution < 1.29 is 13.2 Å². The molecule has 174 valence electrons. The Hall–Kier alpha value is -2.59. The lowest BCUT2D eigenvalue weighted by Crippen LogP contribution is -2.48. The summed E-state index contributed by atoms with van der Waals surface area (Å²) in [6.07, 6.45) is 0.240. The number of sulfonamides is 1. The number of benzene rings is 2. The number of anilines is 1. The molecule has 3 aromatic rings. The number of thiazole rings is 1. The van der Waals surface area contributed by atoms with Crippen molar-refractivity contribution in [3.05, 3.63) is 81.8 Å². The molecule has 1 saturated heterocycles. The van der Waals surface area contributed by atoms with Crippen LogP contribution in [-0.2, 0) is 33.5 Å². The van der Waals surface area contributed by atoms with Crippen molar-refractivity contribution in [2.75, 3.05) is 31.5 Å². The molecule has 4 rings (SSSR count). The van der Waals surface area contributed by atoms with Gasteiger partial charge in [-0.3, -0.25) is 9.69 Å². The SMILES string of the molecule is Cc1ccc(NC(=O)Cc2nc(CN3CCN(S(=O)(=O)Cc4ccccc4)CC3)cs2)cc1. The second-order valence-electron chi connectivity index (χ2n) is 8.24. The lowest BCUT2D eigenvalue weighted by Gasteiger charge is -2.33. The van der Waals surface area contributed by atoms with E-state index in [4.69, 9.17) is 0 Å². The van der Waals surface area contributed by atoms with Crippen molar-refractivity contribution >= 4 is 33.0 Å². The third-order valence-corrected chi connectivity index (χ3v) is 8.30. The smallest absolute Gasteiger partial charge is 0.231 e. The quantitative estimate of drug-likeness (QED) is 0.531. The van der Waals surface area contributed by atoms with Gasteiger partial charge in [0.05, 0.1) is 17.9 Å². The van der Waals surface area contributed by atoms with Gasteiger partial charge in [-0.05, 0) is 24.6 Å². The fourth-order valence-electron chi connectivity index (χ4n) is 3.75. The molecule has 0 atom stereocenters. The molecule has 1 aliphatic rings. The molecular formula is C24H28N4O3S2. The van der Waals surface area contributed by atoms with Crippen LogP contribution >= 0.6 is 11.3 Å². The van der Waals surface area contributed by atoms with E-state index in [0.717, 1.165) is 27.5 Å². The molecule has 0 radical (unpaired) electrons. The minimum atomic E-state index is -3.32. The number of nitrogens with one attached hydrogen (secondary N) is 1. The van der Waals surface area contributed by atoms with Crippen LogP contribution in [0.4, 0.5) is 5.69 Å². The highest BCUT2D eigenvalue weighted by Gasteiger charge is 2.27. The normalized spacial score (nSPS) is 15.4. The van der Waals surface area contributed by atoms with Gasteiger partial charge in [0.25, 0.3) is 0 Å². The molecule has 0 spiro atoms. The van der Waals surface area contributed by atoms with Crippen molar-refractivity contribution in [2.24, 2.45) is 0 Å². The maximum atomic E-state index is 12.7. The largest absolute Gasteiger partial charge is 0.326 e. The molecule has 2 heterocycles. The van der Waals surface area contributed by atoms with Gasteiger partial charge in [0.15, 0.2) is 0 Å². The molecule has 2 aromatic carbocycles. The summed E-state index contributed by atoms with van der Waals surface area (Å²) in [6, 6.07) is 17.0. The topological polar surface area (TPSA) is 82.6 Å². The molecule has 1 amide bonds. The van der Waals surface area contributed by atoms with E-state index in [9.17, 15) is 13.2 Å². The molecule has 1 fully saturated rings. The number of hydrogen-bond donors (Lipinski definition) is 1. The average molecular weight is 485 g/mol. The van der Waals surface area contributed by atoms with Gasteiger partial charge in [-0.2, -0.15) is 4.31 Å². The Morgan fingerprint density at radius 1 is 1.03 bits per heavy atom. The van der Waals surface area contributed by atoms with Gasteiger partial charge in [0.2, 0.25) is 15.9 Å². The van der Waals surface area contributed by atoms with Crippen molar-refractivity contribution in [1.29, 1.82) is 0 Å². The zero-order chi connectivity index (χ0) is 23.3. The first-order valence-corrected chi connectivity index (χ1v) is 13.4. The number of nitrogens with zero attached hydrogens (tertiary/aromatic N) is 3. The van der Waals surface area contributed by atoms with Gasteiger partial charge >= 0.3 is 0 Å². The van der Waals surface area contributed by atoms with Crippen LogP contribution in [0.25, 0.3) is 0 Å². The first-order valence-electron chi connectivity index (χ1n) is 10.9. The molecule has 0 unspecified atom stereocenters. The van der Waals surface area contributed by atoms with Gasteiger partial charge in [0.1, 0.15) is 5.01 Å². The fourth-order valence-corrected chi connectivity index (χ4v) is 6.05. The molecule has 33 heavy (non-hydrogen) atoms. The standard InChI is InChI=1S/C24H28N4O3S2/c1-19-7-9-21(10-8-19)25-23(29)15-24-26-22(17-32-24)16-27-11-13-28(14-12-27)33(30,31)18-20-5-3-2-4-6-20/h2-10,17H,11-16,18H2,1H3,(H,25,29). The van der Waals surface area contributed by atoms with Crippen LogP contribution in [0, 0.1) is 6.92 Å². The van der Waals surface area contributed by atoms with Gasteiger partial charge in [0, 0.05) is 43.8 Å². The first kappa shape index (κ1) is 23.6. The summed E-state index contributed by atoms with van der Waals surface area (Å²) >= 11 is 1.48. The van der Waals surface area contributed by atoms with Crippen LogP contribution < -0.4 is 5.32 Å². The molecule has 7 nitrogen and oxygen atoms in total. The Morgan fingerprint density at radius 2 is 1.73 bits per heavy atom. The van der Waals surface area contributed by atoms with Crippen molar-refractivity contribution in [1.82, 2.24) is 14.2 Å². The Labute approximate surface area is 199 Å². The lowest BCUT2D eigenvalue weighted by atomic mass is 10.2. The minimum absolute atomic E-state index is 0.0357. The summed E-state index contributed by atoms with van der Waals surface area (Å²) in [5.41, 5.74) is 3.65. The van der Waals surface area contributed by atoms with Gasteiger partial charge in [-0.1, -0.05) is 48.0 Å². The number of carbonyl (C=O) groups is 1. The minimum Gasteiger partial charge on any atom is -0.326 e. The van der Waals surface area contributed by atoms with E-state index in [2.05, 4.69) is 15.2 Å². The van der Waals surface area contributed by atoms with E-state index in [-0.39, 0.29) is 18.1 Å². The van der Waals surface area contributed by atoms with E-state index in [1.807, 2.05) is 66.9 Å². The maximum absolute atomic E-state index is 12.7. The molecule has 1 N–H and O–H groups in total. The predicted octanol–water partition coefficient (Wildman–Crippen LogP) is 3.28. The number of piperazine rings is 1. The monoisotopic (exact) mass is 484 g/mol. The summed E-state index contributed by atoms with van der Waals surface area (Å²) in [7, 11) is -3.32. The molecule has 0 bridgehead atoms. The van der Waals surface area contributed by atoms with E-state index in [1.165, 1.54) is 11.3 Å². The highest BCUT2D eigenvalue weighted by Crippen LogP contribution is 2.17. The van der Waals surface area contributed by atoms with Crippen LogP contribution in [0.15, 0.2) is 60.0 Å². The number of amides is 1. The van der Waals surface area contributed by atoms with Gasteiger partial charge in [-0.25, -0.2) is 13.4 Å².